The molecule has 0 radical (unpaired) electrons. The average Bonchev–Trinajstić information content (AvgIpc) is 2.78. The van der Waals surface area contributed by atoms with Crippen LogP contribution >= 0.6 is 0 Å². The molecule has 22 heavy (non-hydrogen) atoms. The number of benzene rings is 2. The molecule has 0 atom stereocenters. The first-order valence-corrected chi connectivity index (χ1v) is 7.25. The molecule has 2 aromatic carbocycles. The molecular weight excluding hydrogens is 278 g/mol. The highest BCUT2D eigenvalue weighted by molar-refractivity contribution is 6.01. The van der Waals surface area contributed by atoms with Crippen molar-refractivity contribution in [2.45, 2.75) is 6.42 Å². The minimum Gasteiger partial charge on any atom is -0.490 e. The highest BCUT2D eigenvalue weighted by Crippen LogP contribution is 2.30. The Hall–Kier alpha value is -2.75. The van der Waals surface area contributed by atoms with Crippen molar-refractivity contribution in [2.24, 2.45) is 0 Å². The molecule has 1 heterocycles. The summed E-state index contributed by atoms with van der Waals surface area (Å²) in [5, 5.41) is 2.80. The summed E-state index contributed by atoms with van der Waals surface area (Å²) in [6, 6.07) is 15.0. The van der Waals surface area contributed by atoms with Gasteiger partial charge in [-0.2, -0.15) is 0 Å². The largest absolute Gasteiger partial charge is 0.490 e. The first-order valence-electron chi connectivity index (χ1n) is 7.25. The van der Waals surface area contributed by atoms with Gasteiger partial charge in [0, 0.05) is 18.2 Å². The fourth-order valence-electron chi connectivity index (χ4n) is 2.16. The van der Waals surface area contributed by atoms with Crippen molar-refractivity contribution in [1.82, 2.24) is 0 Å². The zero-order valence-electron chi connectivity index (χ0n) is 12.1. The van der Waals surface area contributed by atoms with E-state index in [1.165, 1.54) is 6.08 Å². The minimum absolute atomic E-state index is 0.168. The van der Waals surface area contributed by atoms with Crippen LogP contribution in [0.2, 0.25) is 0 Å². The highest BCUT2D eigenvalue weighted by Gasteiger charge is 2.09. The summed E-state index contributed by atoms with van der Waals surface area (Å²) in [7, 11) is 0. The van der Waals surface area contributed by atoms with Crippen LogP contribution in [-0.2, 0) is 4.79 Å². The maximum absolute atomic E-state index is 11.9. The Morgan fingerprint density at radius 3 is 2.59 bits per heavy atom. The molecule has 0 saturated carbocycles. The molecule has 0 bridgehead atoms. The maximum atomic E-state index is 11.9. The van der Waals surface area contributed by atoms with Gasteiger partial charge >= 0.3 is 0 Å². The lowest BCUT2D eigenvalue weighted by atomic mass is 10.2. The molecular formula is C18H17NO3. The molecule has 112 valence electrons. The van der Waals surface area contributed by atoms with E-state index in [-0.39, 0.29) is 5.91 Å². The van der Waals surface area contributed by atoms with Gasteiger partial charge in [-0.15, -0.1) is 0 Å². The molecule has 3 rings (SSSR count). The molecule has 1 N–H and O–H groups in total. The van der Waals surface area contributed by atoms with E-state index >= 15 is 0 Å². The Morgan fingerprint density at radius 1 is 1.00 bits per heavy atom. The Balaban J connectivity index is 1.67. The van der Waals surface area contributed by atoms with Crippen molar-refractivity contribution < 1.29 is 14.3 Å². The molecule has 1 aliphatic heterocycles. The van der Waals surface area contributed by atoms with Crippen molar-refractivity contribution in [1.29, 1.82) is 0 Å². The smallest absolute Gasteiger partial charge is 0.248 e. The highest BCUT2D eigenvalue weighted by atomic mass is 16.5. The number of para-hydroxylation sites is 1. The maximum Gasteiger partial charge on any atom is 0.248 e. The van der Waals surface area contributed by atoms with Crippen LogP contribution in [-0.4, -0.2) is 19.1 Å². The average molecular weight is 295 g/mol. The van der Waals surface area contributed by atoms with Gasteiger partial charge in [-0.25, -0.2) is 0 Å². The van der Waals surface area contributed by atoms with E-state index < -0.39 is 0 Å². The van der Waals surface area contributed by atoms with Gasteiger partial charge in [0.25, 0.3) is 0 Å². The summed E-state index contributed by atoms with van der Waals surface area (Å²) in [5.41, 5.74) is 1.67. The fraction of sp³-hybridized carbons (Fsp3) is 0.167. The SMILES string of the molecule is O=C(C=Cc1ccc2c(c1)OCCCO2)Nc1ccccc1. The van der Waals surface area contributed by atoms with Crippen molar-refractivity contribution in [3.8, 4) is 11.5 Å². The van der Waals surface area contributed by atoms with Crippen LogP contribution in [0, 0.1) is 0 Å². The monoisotopic (exact) mass is 295 g/mol. The van der Waals surface area contributed by atoms with E-state index in [2.05, 4.69) is 5.32 Å². The van der Waals surface area contributed by atoms with Gasteiger partial charge in [0.1, 0.15) is 0 Å². The lowest BCUT2D eigenvalue weighted by Crippen LogP contribution is -2.07. The minimum atomic E-state index is -0.168. The van der Waals surface area contributed by atoms with Crippen molar-refractivity contribution in [2.75, 3.05) is 18.5 Å². The summed E-state index contributed by atoms with van der Waals surface area (Å²) in [4.78, 5) is 11.9. The van der Waals surface area contributed by atoms with Crippen molar-refractivity contribution in [3.63, 3.8) is 0 Å². The van der Waals surface area contributed by atoms with E-state index in [9.17, 15) is 4.79 Å². The third-order valence-corrected chi connectivity index (χ3v) is 3.24. The third-order valence-electron chi connectivity index (χ3n) is 3.24. The number of hydrogen-bond acceptors (Lipinski definition) is 3. The first-order chi connectivity index (χ1) is 10.8. The van der Waals surface area contributed by atoms with E-state index in [1.54, 1.807) is 6.08 Å². The van der Waals surface area contributed by atoms with E-state index in [4.69, 9.17) is 9.47 Å². The lowest BCUT2D eigenvalue weighted by Gasteiger charge is -2.07. The van der Waals surface area contributed by atoms with Crippen molar-refractivity contribution in [3.05, 3.63) is 60.2 Å². The Morgan fingerprint density at radius 2 is 1.77 bits per heavy atom. The number of carbonyl (C=O) groups excluding carboxylic acids is 1. The van der Waals surface area contributed by atoms with Gasteiger partial charge in [-0.1, -0.05) is 24.3 Å². The molecule has 4 nitrogen and oxygen atoms in total. The third kappa shape index (κ3) is 3.67. The molecule has 0 unspecified atom stereocenters. The number of fused-ring (bicyclic) bond motifs is 1. The van der Waals surface area contributed by atoms with Crippen LogP contribution in [0.15, 0.2) is 54.6 Å². The zero-order valence-corrected chi connectivity index (χ0v) is 12.1. The van der Waals surface area contributed by atoms with Gasteiger partial charge in [0.05, 0.1) is 13.2 Å². The van der Waals surface area contributed by atoms with Gasteiger partial charge in [-0.3, -0.25) is 4.79 Å². The second kappa shape index (κ2) is 6.80. The predicted octanol–water partition coefficient (Wildman–Crippen LogP) is 3.50. The van der Waals surface area contributed by atoms with Gasteiger partial charge in [0.15, 0.2) is 11.5 Å². The van der Waals surface area contributed by atoms with Crippen LogP contribution in [0.3, 0.4) is 0 Å². The number of anilines is 1. The number of ether oxygens (including phenoxy) is 2. The predicted molar refractivity (Wildman–Crippen MR) is 86.2 cm³/mol. The zero-order chi connectivity index (χ0) is 15.2. The summed E-state index contributed by atoms with van der Waals surface area (Å²) in [6.07, 6.45) is 4.14. The fourth-order valence-corrected chi connectivity index (χ4v) is 2.16. The molecule has 0 aliphatic carbocycles. The van der Waals surface area contributed by atoms with Crippen LogP contribution < -0.4 is 14.8 Å². The van der Waals surface area contributed by atoms with Gasteiger partial charge in [-0.05, 0) is 35.9 Å². The number of nitrogens with one attached hydrogen (secondary N) is 1. The lowest BCUT2D eigenvalue weighted by molar-refractivity contribution is -0.111. The van der Waals surface area contributed by atoms with E-state index in [0.29, 0.717) is 13.2 Å². The number of rotatable bonds is 3. The van der Waals surface area contributed by atoms with E-state index in [0.717, 1.165) is 29.2 Å². The summed E-state index contributed by atoms with van der Waals surface area (Å²) in [6.45, 7) is 1.32. The summed E-state index contributed by atoms with van der Waals surface area (Å²) < 4.78 is 11.2. The Kier molecular flexibility index (Phi) is 4.39. The number of carbonyl (C=O) groups is 1. The first kappa shape index (κ1) is 14.2. The second-order valence-corrected chi connectivity index (χ2v) is 4.95. The van der Waals surface area contributed by atoms with Gasteiger partial charge < -0.3 is 14.8 Å². The van der Waals surface area contributed by atoms with E-state index in [1.807, 2.05) is 48.5 Å². The molecule has 1 amide bonds. The summed E-state index contributed by atoms with van der Waals surface area (Å²) in [5.74, 6) is 1.31. The van der Waals surface area contributed by atoms with Gasteiger partial charge in [0.2, 0.25) is 5.91 Å². The Bertz CT molecular complexity index is 680. The normalized spacial score (nSPS) is 13.6. The molecule has 2 aromatic rings. The molecule has 4 heteroatoms. The van der Waals surface area contributed by atoms with Crippen LogP contribution in [0.25, 0.3) is 6.08 Å². The topological polar surface area (TPSA) is 47.6 Å². The number of hydrogen-bond donors (Lipinski definition) is 1. The molecule has 0 saturated heterocycles. The molecule has 1 aliphatic rings. The van der Waals surface area contributed by atoms with Crippen LogP contribution in [0.4, 0.5) is 5.69 Å². The number of amides is 1. The van der Waals surface area contributed by atoms with Crippen LogP contribution in [0.5, 0.6) is 11.5 Å². The molecule has 0 spiro atoms. The second-order valence-electron chi connectivity index (χ2n) is 4.95. The Labute approximate surface area is 129 Å². The molecule has 0 aromatic heterocycles. The van der Waals surface area contributed by atoms with Crippen LogP contribution in [0.1, 0.15) is 12.0 Å². The standard InChI is InChI=1S/C18H17NO3/c20-18(19-15-5-2-1-3-6-15)10-8-14-7-9-16-17(13-14)22-12-4-11-21-16/h1-3,5-10,13H,4,11-12H2,(H,19,20). The molecule has 0 fully saturated rings. The summed E-state index contributed by atoms with van der Waals surface area (Å²) >= 11 is 0. The van der Waals surface area contributed by atoms with Crippen molar-refractivity contribution >= 4 is 17.7 Å². The quantitative estimate of drug-likeness (QED) is 0.882.